The number of nitrogens with two attached hydrogens (primary N) is 5. The zero-order valence-electron chi connectivity index (χ0n) is 41.9. The number of aromatic nitrogens is 3. The second-order valence-corrected chi connectivity index (χ2v) is 18.7. The first-order chi connectivity index (χ1) is 35.4. The number of H-pyrrole nitrogens is 2. The van der Waals surface area contributed by atoms with Gasteiger partial charge in [-0.3, -0.25) is 43.3 Å². The van der Waals surface area contributed by atoms with E-state index in [0.29, 0.717) is 49.0 Å². The normalized spacial score (nSPS) is 15.7. The predicted molar refractivity (Wildman–Crippen MR) is 277 cm³/mol. The van der Waals surface area contributed by atoms with E-state index < -0.39 is 96.1 Å². The minimum atomic E-state index is -1.33. The average molecular weight is 1030 g/mol. The van der Waals surface area contributed by atoms with Gasteiger partial charge in [-0.25, -0.2) is 4.98 Å². The smallest absolute Gasteiger partial charge is 0.245 e. The summed E-state index contributed by atoms with van der Waals surface area (Å²) in [4.78, 5) is 125. The van der Waals surface area contributed by atoms with Crippen LogP contribution >= 0.6 is 0 Å². The Balaban J connectivity index is 1.35. The number of hydrogen-bond acceptors (Lipinski definition) is 12. The van der Waals surface area contributed by atoms with Crippen molar-refractivity contribution >= 4 is 64.1 Å². The number of hydrogen-bond donors (Lipinski definition) is 13. The maximum absolute atomic E-state index is 14.5. The van der Waals surface area contributed by atoms with Crippen LogP contribution in [0.25, 0.3) is 10.9 Å². The van der Waals surface area contributed by atoms with Crippen molar-refractivity contribution in [2.24, 2.45) is 39.6 Å². The fraction of sp³-hybridized carbons (Fsp3) is 0.480. The van der Waals surface area contributed by atoms with Gasteiger partial charge in [0.15, 0.2) is 5.96 Å². The van der Waals surface area contributed by atoms with Crippen LogP contribution in [0.3, 0.4) is 0 Å². The van der Waals surface area contributed by atoms with E-state index in [1.165, 1.54) is 17.4 Å². The fourth-order valence-electron chi connectivity index (χ4n) is 8.72. The number of carbonyl (C=O) groups excluding carboxylic acids is 8. The number of guanidine groups is 1. The molecule has 1 fully saturated rings. The summed E-state index contributed by atoms with van der Waals surface area (Å²) in [5, 5.41) is 17.1. The Morgan fingerprint density at radius 3 is 2.12 bits per heavy atom. The molecule has 3 heterocycles. The molecule has 0 aliphatic carbocycles. The number of aromatic amines is 2. The van der Waals surface area contributed by atoms with Gasteiger partial charge in [0.25, 0.3) is 0 Å². The Morgan fingerprint density at radius 2 is 1.43 bits per heavy atom. The molecule has 4 aromatic rings. The van der Waals surface area contributed by atoms with Gasteiger partial charge in [-0.1, -0.05) is 62.4 Å². The van der Waals surface area contributed by atoms with Gasteiger partial charge in [-0.15, -0.1) is 0 Å². The third kappa shape index (κ3) is 17.1. The molecule has 24 nitrogen and oxygen atoms in total. The number of fused-ring (bicyclic) bond motifs is 1. The molecule has 24 heteroatoms. The van der Waals surface area contributed by atoms with Gasteiger partial charge in [0.1, 0.15) is 36.3 Å². The van der Waals surface area contributed by atoms with Gasteiger partial charge in [0.2, 0.25) is 47.3 Å². The van der Waals surface area contributed by atoms with E-state index in [0.717, 1.165) is 10.9 Å². The molecule has 0 saturated carbocycles. The number of unbranched alkanes of at least 4 members (excludes halogenated alkanes) is 1. The van der Waals surface area contributed by atoms with Crippen LogP contribution in [-0.4, -0.2) is 142 Å². The summed E-state index contributed by atoms with van der Waals surface area (Å²) in [5.74, 6) is -5.83. The van der Waals surface area contributed by atoms with Gasteiger partial charge >= 0.3 is 0 Å². The van der Waals surface area contributed by atoms with Crippen molar-refractivity contribution in [3.8, 4) is 0 Å². The van der Waals surface area contributed by atoms with Crippen LogP contribution < -0.4 is 60.6 Å². The fourth-order valence-corrected chi connectivity index (χ4v) is 8.72. The van der Waals surface area contributed by atoms with Gasteiger partial charge in [0, 0.05) is 61.3 Å². The molecule has 7 atom stereocenters. The molecule has 0 radical (unpaired) electrons. The molecule has 0 spiro atoms. The number of amides is 8. The third-order valence-corrected chi connectivity index (χ3v) is 12.7. The number of carbonyl (C=O) groups is 8. The SMILES string of the molecule is CC(C)C(NC(=O)C1CCCN1C(=O)C(CCCCN)NC(=O)CNC(=O)C(Cc1c[nH]c2ccccc12)NC(=O)C(CCCN=C(N)N)NC(=O)[C@@H](Cc1ccccc1)NC(=O)C(N)Cc1cnc[nH]1)C(N)=O. The van der Waals surface area contributed by atoms with Gasteiger partial charge in [0.05, 0.1) is 18.9 Å². The molecule has 74 heavy (non-hydrogen) atoms. The number of imidazole rings is 1. The van der Waals surface area contributed by atoms with E-state index in [9.17, 15) is 38.4 Å². The van der Waals surface area contributed by atoms with Crippen LogP contribution in [0, 0.1) is 5.92 Å². The van der Waals surface area contributed by atoms with E-state index in [1.54, 1.807) is 50.4 Å². The van der Waals surface area contributed by atoms with Crippen LogP contribution in [0.15, 0.2) is 78.3 Å². The van der Waals surface area contributed by atoms with Crippen molar-refractivity contribution in [1.29, 1.82) is 0 Å². The van der Waals surface area contributed by atoms with Crippen LogP contribution in [0.5, 0.6) is 0 Å². The predicted octanol–water partition coefficient (Wildman–Crippen LogP) is -1.90. The zero-order valence-corrected chi connectivity index (χ0v) is 41.9. The van der Waals surface area contributed by atoms with Crippen LogP contribution in [0.1, 0.15) is 75.6 Å². The monoisotopic (exact) mass is 1020 g/mol. The summed E-state index contributed by atoms with van der Waals surface area (Å²) in [5.41, 5.74) is 31.4. The first kappa shape index (κ1) is 57.0. The zero-order chi connectivity index (χ0) is 53.7. The van der Waals surface area contributed by atoms with Crippen molar-refractivity contribution in [3.05, 3.63) is 90.1 Å². The third-order valence-electron chi connectivity index (χ3n) is 12.7. The summed E-state index contributed by atoms with van der Waals surface area (Å²) >= 11 is 0. The van der Waals surface area contributed by atoms with Crippen LogP contribution in [-0.2, 0) is 57.6 Å². The lowest BCUT2D eigenvalue weighted by Crippen LogP contribution is -2.59. The summed E-state index contributed by atoms with van der Waals surface area (Å²) in [6.07, 6.45) is 6.99. The number of primary amides is 1. The summed E-state index contributed by atoms with van der Waals surface area (Å²) in [7, 11) is 0. The Morgan fingerprint density at radius 1 is 0.757 bits per heavy atom. The first-order valence-electron chi connectivity index (χ1n) is 24.9. The highest BCUT2D eigenvalue weighted by Gasteiger charge is 2.39. The van der Waals surface area contributed by atoms with E-state index in [2.05, 4.69) is 51.8 Å². The minimum absolute atomic E-state index is 0.00785. The number of nitrogens with zero attached hydrogens (tertiary/aromatic N) is 3. The highest BCUT2D eigenvalue weighted by Crippen LogP contribution is 2.22. The number of rotatable bonds is 29. The second-order valence-electron chi connectivity index (χ2n) is 18.7. The quantitative estimate of drug-likeness (QED) is 0.0161. The van der Waals surface area contributed by atoms with E-state index >= 15 is 0 Å². The molecule has 1 aliphatic heterocycles. The molecular formula is C50H72N16O8. The second kappa shape index (κ2) is 28.4. The van der Waals surface area contributed by atoms with E-state index in [-0.39, 0.29) is 63.5 Å². The standard InChI is InChI=1S/C50H72N16O8/c1-29(2)42(43(53)68)65-48(73)40-18-11-21-66(40)49(74)37(16-8-9-19-51)61-41(67)27-59-45(70)39(23-31-25-58-35-15-7-6-14-33(31)35)64-46(71)36(17-10-20-57-50(54)55)62-47(72)38(22-30-12-4-3-5-13-30)63-44(69)34(52)24-32-26-56-28-60-32/h3-7,12-15,25-26,28-29,34,36-40,42,58H,8-11,16-24,27,51-52H2,1-2H3,(H2,53,68)(H,56,60)(H,59,70)(H,61,67)(H,62,72)(H,63,69)(H,64,71)(H,65,73)(H4,54,55,57)/t34?,36?,37?,38-,39?,40?,42?/m1/s1. The molecule has 18 N–H and O–H groups in total. The highest BCUT2D eigenvalue weighted by atomic mass is 16.2. The largest absolute Gasteiger partial charge is 0.370 e. The molecular weight excluding hydrogens is 953 g/mol. The lowest BCUT2D eigenvalue weighted by atomic mass is 10.0. The van der Waals surface area contributed by atoms with E-state index in [4.69, 9.17) is 28.7 Å². The maximum atomic E-state index is 14.5. The molecule has 8 amide bonds. The van der Waals surface area contributed by atoms with Crippen molar-refractivity contribution in [3.63, 3.8) is 0 Å². The number of para-hydroxylation sites is 1. The molecule has 5 rings (SSSR count). The molecule has 0 bridgehead atoms. The number of benzene rings is 2. The number of nitrogens with one attached hydrogen (secondary N) is 8. The summed E-state index contributed by atoms with van der Waals surface area (Å²) in [6.45, 7) is 3.52. The lowest BCUT2D eigenvalue weighted by Gasteiger charge is -2.30. The van der Waals surface area contributed by atoms with Crippen LogP contribution in [0.4, 0.5) is 0 Å². The molecule has 1 aliphatic rings. The van der Waals surface area contributed by atoms with Crippen molar-refractivity contribution < 1.29 is 38.4 Å². The number of likely N-dealkylation sites (tertiary alicyclic amines) is 1. The number of aliphatic imine (C=N–C) groups is 1. The van der Waals surface area contributed by atoms with E-state index in [1.807, 2.05) is 24.3 Å². The Kier molecular flexibility index (Phi) is 21.9. The molecule has 1 saturated heterocycles. The average Bonchev–Trinajstić information content (AvgIpc) is 4.17. The van der Waals surface area contributed by atoms with Gasteiger partial charge in [-0.2, -0.15) is 0 Å². The van der Waals surface area contributed by atoms with Gasteiger partial charge in [-0.05, 0) is 74.6 Å². The Labute approximate surface area is 429 Å². The summed E-state index contributed by atoms with van der Waals surface area (Å²) in [6, 6.07) is 8.45. The lowest BCUT2D eigenvalue weighted by molar-refractivity contribution is -0.142. The molecule has 2 aromatic carbocycles. The Bertz CT molecular complexity index is 2550. The van der Waals surface area contributed by atoms with Crippen molar-refractivity contribution in [2.75, 3.05) is 26.2 Å². The Hall–Kier alpha value is -7.86. The molecule has 400 valence electrons. The van der Waals surface area contributed by atoms with Crippen LogP contribution in [0.2, 0.25) is 0 Å². The van der Waals surface area contributed by atoms with Crippen molar-refractivity contribution in [2.45, 2.75) is 120 Å². The highest BCUT2D eigenvalue weighted by molar-refractivity contribution is 5.98. The first-order valence-corrected chi connectivity index (χ1v) is 24.9. The topological polar surface area (TPSA) is 399 Å². The summed E-state index contributed by atoms with van der Waals surface area (Å²) < 4.78 is 0. The van der Waals surface area contributed by atoms with Crippen molar-refractivity contribution in [1.82, 2.24) is 51.8 Å². The molecule has 6 unspecified atom stereocenters. The van der Waals surface area contributed by atoms with Gasteiger partial charge < -0.3 is 75.4 Å². The molecule has 2 aromatic heterocycles. The maximum Gasteiger partial charge on any atom is 0.245 e. The minimum Gasteiger partial charge on any atom is -0.370 e.